The standard InChI is InChI=1S/C17H27Cl2NO/c1-5-20-10-9-17(3,4)8-7-13-11-15(19)16(21-6-2)12-14(13)18/h11-12,20H,5-10H2,1-4H3. The van der Waals surface area contributed by atoms with Gasteiger partial charge in [-0.25, -0.2) is 0 Å². The minimum atomic E-state index is 0.288. The first-order valence-electron chi connectivity index (χ1n) is 7.71. The van der Waals surface area contributed by atoms with Crippen LogP contribution in [0.2, 0.25) is 10.0 Å². The maximum atomic E-state index is 6.34. The zero-order valence-electron chi connectivity index (χ0n) is 13.6. The van der Waals surface area contributed by atoms with E-state index >= 15 is 0 Å². The molecule has 0 spiro atoms. The molecule has 0 radical (unpaired) electrons. The highest BCUT2D eigenvalue weighted by atomic mass is 35.5. The van der Waals surface area contributed by atoms with Crippen molar-refractivity contribution in [2.24, 2.45) is 5.41 Å². The van der Waals surface area contributed by atoms with Crippen molar-refractivity contribution < 1.29 is 4.74 Å². The Kier molecular flexibility index (Phi) is 7.86. The number of aryl methyl sites for hydroxylation is 1. The molecule has 1 aromatic carbocycles. The maximum Gasteiger partial charge on any atom is 0.139 e. The first-order valence-corrected chi connectivity index (χ1v) is 8.46. The number of nitrogens with one attached hydrogen (secondary N) is 1. The van der Waals surface area contributed by atoms with Crippen molar-refractivity contribution in [3.8, 4) is 5.75 Å². The average molecular weight is 332 g/mol. The molecule has 0 bridgehead atoms. The summed E-state index contributed by atoms with van der Waals surface area (Å²) in [7, 11) is 0. The largest absolute Gasteiger partial charge is 0.492 e. The molecule has 21 heavy (non-hydrogen) atoms. The average Bonchev–Trinajstić information content (AvgIpc) is 2.41. The minimum absolute atomic E-state index is 0.288. The van der Waals surface area contributed by atoms with Crippen molar-refractivity contribution >= 4 is 23.2 Å². The Bertz CT molecular complexity index is 447. The Morgan fingerprint density at radius 2 is 1.81 bits per heavy atom. The lowest BCUT2D eigenvalue weighted by atomic mass is 9.83. The van der Waals surface area contributed by atoms with Crippen LogP contribution in [0.15, 0.2) is 12.1 Å². The van der Waals surface area contributed by atoms with Gasteiger partial charge in [-0.1, -0.05) is 44.0 Å². The summed E-state index contributed by atoms with van der Waals surface area (Å²) in [4.78, 5) is 0. The van der Waals surface area contributed by atoms with E-state index in [4.69, 9.17) is 27.9 Å². The van der Waals surface area contributed by atoms with Crippen LogP contribution in [-0.4, -0.2) is 19.7 Å². The fourth-order valence-corrected chi connectivity index (χ4v) is 2.72. The van der Waals surface area contributed by atoms with E-state index in [9.17, 15) is 0 Å². The molecule has 0 atom stereocenters. The van der Waals surface area contributed by atoms with Gasteiger partial charge in [0.1, 0.15) is 5.75 Å². The summed E-state index contributed by atoms with van der Waals surface area (Å²) in [6.45, 7) is 11.3. The van der Waals surface area contributed by atoms with Crippen molar-refractivity contribution in [2.45, 2.75) is 47.0 Å². The molecule has 1 aromatic rings. The second kappa shape index (κ2) is 8.87. The Labute approximate surface area is 139 Å². The first-order chi connectivity index (χ1) is 9.89. The molecule has 120 valence electrons. The molecule has 0 amide bonds. The molecule has 2 nitrogen and oxygen atoms in total. The lowest BCUT2D eigenvalue weighted by Crippen LogP contribution is -2.22. The van der Waals surface area contributed by atoms with E-state index in [1.54, 1.807) is 0 Å². The predicted molar refractivity (Wildman–Crippen MR) is 92.9 cm³/mol. The monoisotopic (exact) mass is 331 g/mol. The van der Waals surface area contributed by atoms with Crippen molar-refractivity contribution in [1.29, 1.82) is 0 Å². The number of halogens is 2. The molecule has 0 aliphatic rings. The second-order valence-corrected chi connectivity index (χ2v) is 6.89. The maximum absolute atomic E-state index is 6.34. The SMILES string of the molecule is CCNCCC(C)(C)CCc1cc(Cl)c(OCC)cc1Cl. The third-order valence-electron chi connectivity index (χ3n) is 3.70. The van der Waals surface area contributed by atoms with Crippen LogP contribution < -0.4 is 10.1 Å². The molecule has 0 saturated heterocycles. The van der Waals surface area contributed by atoms with Crippen LogP contribution >= 0.6 is 23.2 Å². The van der Waals surface area contributed by atoms with Crippen molar-refractivity contribution in [3.63, 3.8) is 0 Å². The van der Waals surface area contributed by atoms with Crippen LogP contribution in [0.5, 0.6) is 5.75 Å². The Morgan fingerprint density at radius 3 is 2.43 bits per heavy atom. The Hall–Kier alpha value is -0.440. The fraction of sp³-hybridized carbons (Fsp3) is 0.647. The van der Waals surface area contributed by atoms with Crippen LogP contribution in [0, 0.1) is 5.41 Å². The number of benzene rings is 1. The Balaban J connectivity index is 2.64. The van der Waals surface area contributed by atoms with Crippen LogP contribution in [0.1, 0.15) is 46.1 Å². The number of rotatable bonds is 9. The number of hydrogen-bond donors (Lipinski definition) is 1. The molecular formula is C17H27Cl2NO. The van der Waals surface area contributed by atoms with Gasteiger partial charge >= 0.3 is 0 Å². The van der Waals surface area contributed by atoms with E-state index in [0.29, 0.717) is 17.4 Å². The van der Waals surface area contributed by atoms with Gasteiger partial charge in [0.15, 0.2) is 0 Å². The quantitative estimate of drug-likeness (QED) is 0.616. The molecule has 0 heterocycles. The van der Waals surface area contributed by atoms with Gasteiger partial charge in [-0.05, 0) is 56.3 Å². The van der Waals surface area contributed by atoms with Crippen molar-refractivity contribution in [1.82, 2.24) is 5.32 Å². The minimum Gasteiger partial charge on any atom is -0.492 e. The summed E-state index contributed by atoms with van der Waals surface area (Å²) in [6, 6.07) is 3.77. The molecule has 0 saturated carbocycles. The topological polar surface area (TPSA) is 21.3 Å². The van der Waals surface area contributed by atoms with Gasteiger partial charge in [0, 0.05) is 11.1 Å². The van der Waals surface area contributed by atoms with Gasteiger partial charge in [0.2, 0.25) is 0 Å². The van der Waals surface area contributed by atoms with Gasteiger partial charge in [-0.15, -0.1) is 0 Å². The fourth-order valence-electron chi connectivity index (χ4n) is 2.23. The van der Waals surface area contributed by atoms with Gasteiger partial charge in [-0.3, -0.25) is 0 Å². The molecule has 1 N–H and O–H groups in total. The third-order valence-corrected chi connectivity index (χ3v) is 4.35. The summed E-state index contributed by atoms with van der Waals surface area (Å²) in [5, 5.41) is 4.76. The van der Waals surface area contributed by atoms with Crippen LogP contribution in [0.4, 0.5) is 0 Å². The summed E-state index contributed by atoms with van der Waals surface area (Å²) in [5.41, 5.74) is 1.39. The van der Waals surface area contributed by atoms with E-state index < -0.39 is 0 Å². The summed E-state index contributed by atoms with van der Waals surface area (Å²) < 4.78 is 5.46. The highest BCUT2D eigenvalue weighted by molar-refractivity contribution is 6.34. The van der Waals surface area contributed by atoms with Gasteiger partial charge in [0.05, 0.1) is 11.6 Å². The van der Waals surface area contributed by atoms with Gasteiger partial charge in [-0.2, -0.15) is 0 Å². The van der Waals surface area contributed by atoms with E-state index in [1.807, 2.05) is 19.1 Å². The normalized spacial score (nSPS) is 11.7. The summed E-state index contributed by atoms with van der Waals surface area (Å²) in [5.74, 6) is 0.666. The predicted octanol–water partition coefficient (Wildman–Crippen LogP) is 5.35. The van der Waals surface area contributed by atoms with Gasteiger partial charge in [0.25, 0.3) is 0 Å². The molecule has 0 aliphatic carbocycles. The molecule has 0 fully saturated rings. The van der Waals surface area contributed by atoms with Crippen LogP contribution in [0.25, 0.3) is 0 Å². The smallest absolute Gasteiger partial charge is 0.139 e. The molecule has 1 rings (SSSR count). The summed E-state index contributed by atoms with van der Waals surface area (Å²) >= 11 is 12.6. The van der Waals surface area contributed by atoms with E-state index in [2.05, 4.69) is 26.1 Å². The zero-order chi connectivity index (χ0) is 15.9. The molecule has 0 aromatic heterocycles. The molecule has 0 aliphatic heterocycles. The van der Waals surface area contributed by atoms with Crippen molar-refractivity contribution in [2.75, 3.05) is 19.7 Å². The van der Waals surface area contributed by atoms with Crippen molar-refractivity contribution in [3.05, 3.63) is 27.7 Å². The summed E-state index contributed by atoms with van der Waals surface area (Å²) in [6.07, 6.45) is 3.18. The van der Waals surface area contributed by atoms with E-state index in [-0.39, 0.29) is 5.41 Å². The van der Waals surface area contributed by atoms with Crippen LogP contribution in [-0.2, 0) is 6.42 Å². The molecular weight excluding hydrogens is 305 g/mol. The molecule has 0 unspecified atom stereocenters. The van der Waals surface area contributed by atoms with Gasteiger partial charge < -0.3 is 10.1 Å². The van der Waals surface area contributed by atoms with Crippen LogP contribution in [0.3, 0.4) is 0 Å². The second-order valence-electron chi connectivity index (χ2n) is 6.07. The Morgan fingerprint density at radius 1 is 1.10 bits per heavy atom. The first kappa shape index (κ1) is 18.6. The zero-order valence-corrected chi connectivity index (χ0v) is 15.1. The number of ether oxygens (including phenoxy) is 1. The highest BCUT2D eigenvalue weighted by Crippen LogP contribution is 2.34. The van der Waals surface area contributed by atoms with E-state index in [0.717, 1.165) is 42.9 Å². The molecule has 4 heteroatoms. The lowest BCUT2D eigenvalue weighted by Gasteiger charge is -2.25. The lowest BCUT2D eigenvalue weighted by molar-refractivity contribution is 0.303. The highest BCUT2D eigenvalue weighted by Gasteiger charge is 2.18. The third kappa shape index (κ3) is 6.46. The number of hydrogen-bond acceptors (Lipinski definition) is 2. The van der Waals surface area contributed by atoms with E-state index in [1.165, 1.54) is 0 Å².